The molecule has 88 valence electrons. The summed E-state index contributed by atoms with van der Waals surface area (Å²) in [6.07, 6.45) is 2.94. The number of carbonyl (C=O) groups is 1. The van der Waals surface area contributed by atoms with E-state index in [1.54, 1.807) is 13.0 Å². The van der Waals surface area contributed by atoms with Crippen LogP contribution in [0.1, 0.15) is 29.9 Å². The maximum atomic E-state index is 11.4. The lowest BCUT2D eigenvalue weighted by Gasteiger charge is -2.10. The van der Waals surface area contributed by atoms with Crippen LogP contribution in [0.15, 0.2) is 12.3 Å². The number of nitrogens with zero attached hydrogens (tertiary/aromatic N) is 3. The number of hydrogen-bond donors (Lipinski definition) is 0. The minimum absolute atomic E-state index is 0.340. The van der Waals surface area contributed by atoms with Crippen molar-refractivity contribution in [2.45, 2.75) is 19.4 Å². The Bertz CT molecular complexity index is 375. The van der Waals surface area contributed by atoms with Crippen LogP contribution < -0.4 is 0 Å². The second kappa shape index (κ2) is 4.65. The average molecular weight is 223 g/mol. The molecule has 0 saturated carbocycles. The van der Waals surface area contributed by atoms with Gasteiger partial charge >= 0.3 is 5.97 Å². The molecule has 0 amide bonds. The second-order valence-electron chi connectivity index (χ2n) is 4.11. The van der Waals surface area contributed by atoms with E-state index >= 15 is 0 Å². The number of likely N-dealkylation sites (tertiary alicyclic amines) is 1. The van der Waals surface area contributed by atoms with Crippen molar-refractivity contribution in [2.24, 2.45) is 0 Å². The molecule has 1 aliphatic heterocycles. The number of esters is 1. The molecule has 5 nitrogen and oxygen atoms in total. The van der Waals surface area contributed by atoms with Crippen molar-refractivity contribution in [3.8, 4) is 0 Å². The summed E-state index contributed by atoms with van der Waals surface area (Å²) >= 11 is 0. The first kappa shape index (κ1) is 11.1. The fourth-order valence-corrected chi connectivity index (χ4v) is 1.98. The molecule has 0 aromatic carbocycles. The summed E-state index contributed by atoms with van der Waals surface area (Å²) in [5, 5.41) is 4.26. The van der Waals surface area contributed by atoms with Gasteiger partial charge in [0, 0.05) is 12.7 Å². The zero-order valence-corrected chi connectivity index (χ0v) is 9.72. The molecule has 1 aromatic rings. The number of aromatic nitrogens is 2. The zero-order valence-electron chi connectivity index (χ0n) is 9.72. The van der Waals surface area contributed by atoms with E-state index in [4.69, 9.17) is 4.74 Å². The van der Waals surface area contributed by atoms with E-state index in [1.165, 1.54) is 0 Å². The number of rotatable bonds is 3. The maximum absolute atomic E-state index is 11.4. The van der Waals surface area contributed by atoms with E-state index in [0.717, 1.165) is 19.5 Å². The third-order valence-electron chi connectivity index (χ3n) is 2.83. The van der Waals surface area contributed by atoms with Gasteiger partial charge in [0.25, 0.3) is 0 Å². The number of carbonyl (C=O) groups excluding carboxylic acids is 1. The molecule has 1 fully saturated rings. The Kier molecular flexibility index (Phi) is 3.24. The van der Waals surface area contributed by atoms with Gasteiger partial charge in [-0.1, -0.05) is 0 Å². The molecule has 16 heavy (non-hydrogen) atoms. The largest absolute Gasteiger partial charge is 0.461 e. The van der Waals surface area contributed by atoms with Crippen molar-refractivity contribution in [3.05, 3.63) is 18.0 Å². The topological polar surface area (TPSA) is 47.4 Å². The van der Waals surface area contributed by atoms with Gasteiger partial charge in [-0.25, -0.2) is 4.79 Å². The molecule has 1 unspecified atom stereocenters. The Labute approximate surface area is 95.0 Å². The lowest BCUT2D eigenvalue weighted by Crippen LogP contribution is -2.17. The van der Waals surface area contributed by atoms with Gasteiger partial charge in [-0.3, -0.25) is 4.68 Å². The molecule has 1 saturated heterocycles. The monoisotopic (exact) mass is 223 g/mol. The highest BCUT2D eigenvalue weighted by atomic mass is 16.5. The van der Waals surface area contributed by atoms with Gasteiger partial charge in [0.1, 0.15) is 0 Å². The van der Waals surface area contributed by atoms with Crippen LogP contribution in [0.5, 0.6) is 0 Å². The summed E-state index contributed by atoms with van der Waals surface area (Å²) in [7, 11) is 2.09. The molecule has 1 aromatic heterocycles. The summed E-state index contributed by atoms with van der Waals surface area (Å²) in [4.78, 5) is 13.7. The fourth-order valence-electron chi connectivity index (χ4n) is 1.98. The standard InChI is InChI=1S/C11H17N3O2/c1-3-16-11(15)10-5-7-14(12-10)9-4-6-13(2)8-9/h5,7,9H,3-4,6,8H2,1-2H3. The van der Waals surface area contributed by atoms with Crippen LogP contribution >= 0.6 is 0 Å². The summed E-state index contributed by atoms with van der Waals surface area (Å²) in [6.45, 7) is 4.25. The highest BCUT2D eigenvalue weighted by molar-refractivity contribution is 5.86. The Balaban J connectivity index is 2.04. The molecule has 2 rings (SSSR count). The highest BCUT2D eigenvalue weighted by Gasteiger charge is 2.22. The summed E-state index contributed by atoms with van der Waals surface area (Å²) < 4.78 is 6.77. The van der Waals surface area contributed by atoms with Crippen LogP contribution in [0.2, 0.25) is 0 Å². The third-order valence-corrected chi connectivity index (χ3v) is 2.83. The summed E-state index contributed by atoms with van der Waals surface area (Å²) in [5.74, 6) is -0.340. The van der Waals surface area contributed by atoms with Crippen LogP contribution in [-0.4, -0.2) is 47.4 Å². The number of ether oxygens (including phenoxy) is 1. The molecule has 0 aliphatic carbocycles. The lowest BCUT2D eigenvalue weighted by atomic mass is 10.3. The Morgan fingerprint density at radius 1 is 1.69 bits per heavy atom. The summed E-state index contributed by atoms with van der Waals surface area (Å²) in [6, 6.07) is 2.10. The first-order chi connectivity index (χ1) is 7.70. The molecule has 0 radical (unpaired) electrons. The molecule has 2 heterocycles. The van der Waals surface area contributed by atoms with E-state index in [9.17, 15) is 4.79 Å². The van der Waals surface area contributed by atoms with Crippen molar-refractivity contribution >= 4 is 5.97 Å². The van der Waals surface area contributed by atoms with E-state index in [0.29, 0.717) is 18.3 Å². The highest BCUT2D eigenvalue weighted by Crippen LogP contribution is 2.19. The molecule has 0 N–H and O–H groups in total. The number of likely N-dealkylation sites (N-methyl/N-ethyl adjacent to an activating group) is 1. The smallest absolute Gasteiger partial charge is 0.358 e. The molecule has 1 aliphatic rings. The molecular weight excluding hydrogens is 206 g/mol. The van der Waals surface area contributed by atoms with Crippen LogP contribution in [0.4, 0.5) is 0 Å². The maximum Gasteiger partial charge on any atom is 0.358 e. The lowest BCUT2D eigenvalue weighted by molar-refractivity contribution is 0.0518. The van der Waals surface area contributed by atoms with Crippen LogP contribution in [0, 0.1) is 0 Å². The van der Waals surface area contributed by atoms with Gasteiger partial charge < -0.3 is 9.64 Å². The van der Waals surface area contributed by atoms with Crippen molar-refractivity contribution < 1.29 is 9.53 Å². The van der Waals surface area contributed by atoms with E-state index in [-0.39, 0.29) is 5.97 Å². The summed E-state index contributed by atoms with van der Waals surface area (Å²) in [5.41, 5.74) is 0.399. The Morgan fingerprint density at radius 3 is 3.12 bits per heavy atom. The van der Waals surface area contributed by atoms with Gasteiger partial charge in [0.2, 0.25) is 0 Å². The van der Waals surface area contributed by atoms with Crippen LogP contribution in [0.25, 0.3) is 0 Å². The predicted molar refractivity (Wildman–Crippen MR) is 59.3 cm³/mol. The van der Waals surface area contributed by atoms with Gasteiger partial charge in [-0.05, 0) is 33.0 Å². The zero-order chi connectivity index (χ0) is 11.5. The second-order valence-corrected chi connectivity index (χ2v) is 4.11. The van der Waals surface area contributed by atoms with E-state index in [2.05, 4.69) is 17.0 Å². The molecular formula is C11H17N3O2. The first-order valence-corrected chi connectivity index (χ1v) is 5.61. The quantitative estimate of drug-likeness (QED) is 0.715. The third kappa shape index (κ3) is 2.24. The molecule has 0 bridgehead atoms. The molecule has 5 heteroatoms. The van der Waals surface area contributed by atoms with Gasteiger partial charge in [0.15, 0.2) is 5.69 Å². The van der Waals surface area contributed by atoms with Gasteiger partial charge in [-0.2, -0.15) is 5.10 Å². The fraction of sp³-hybridized carbons (Fsp3) is 0.636. The minimum atomic E-state index is -0.340. The van der Waals surface area contributed by atoms with Crippen LogP contribution in [0.3, 0.4) is 0 Å². The predicted octanol–water partition coefficient (Wildman–Crippen LogP) is 0.936. The van der Waals surface area contributed by atoms with Crippen molar-refractivity contribution in [3.63, 3.8) is 0 Å². The minimum Gasteiger partial charge on any atom is -0.461 e. The average Bonchev–Trinajstić information content (AvgIpc) is 2.85. The Morgan fingerprint density at radius 2 is 2.50 bits per heavy atom. The van der Waals surface area contributed by atoms with Crippen molar-refractivity contribution in [1.29, 1.82) is 0 Å². The van der Waals surface area contributed by atoms with Crippen LogP contribution in [-0.2, 0) is 4.74 Å². The number of hydrogen-bond acceptors (Lipinski definition) is 4. The normalized spacial score (nSPS) is 21.2. The first-order valence-electron chi connectivity index (χ1n) is 5.61. The van der Waals surface area contributed by atoms with Crippen molar-refractivity contribution in [2.75, 3.05) is 26.7 Å². The van der Waals surface area contributed by atoms with E-state index < -0.39 is 0 Å². The van der Waals surface area contributed by atoms with Gasteiger partial charge in [0.05, 0.1) is 12.6 Å². The van der Waals surface area contributed by atoms with E-state index in [1.807, 2.05) is 10.9 Å². The van der Waals surface area contributed by atoms with Crippen molar-refractivity contribution in [1.82, 2.24) is 14.7 Å². The Hall–Kier alpha value is -1.36. The van der Waals surface area contributed by atoms with Gasteiger partial charge in [-0.15, -0.1) is 0 Å². The molecule has 0 spiro atoms. The molecule has 1 atom stereocenters. The SMILES string of the molecule is CCOC(=O)c1ccn(C2CCN(C)C2)n1.